The lowest BCUT2D eigenvalue weighted by molar-refractivity contribution is -0.147. The van der Waals surface area contributed by atoms with Gasteiger partial charge in [-0.1, -0.05) is 12.1 Å². The second kappa shape index (κ2) is 7.38. The van der Waals surface area contributed by atoms with E-state index in [9.17, 15) is 24.0 Å². The fourth-order valence-electron chi connectivity index (χ4n) is 3.14. The van der Waals surface area contributed by atoms with E-state index in [2.05, 4.69) is 4.72 Å². The van der Waals surface area contributed by atoms with Gasteiger partial charge < -0.3 is 10.2 Å². The van der Waals surface area contributed by atoms with Crippen molar-refractivity contribution in [1.29, 1.82) is 0 Å². The predicted octanol–water partition coefficient (Wildman–Crippen LogP) is 2.63. The van der Waals surface area contributed by atoms with Gasteiger partial charge in [-0.3, -0.25) is 18.6 Å². The van der Waals surface area contributed by atoms with E-state index in [1.807, 2.05) is 0 Å². The predicted molar refractivity (Wildman–Crippen MR) is 104 cm³/mol. The van der Waals surface area contributed by atoms with E-state index < -0.39 is 40.0 Å². The molecule has 1 aliphatic rings. The third-order valence-corrected chi connectivity index (χ3v) is 6.00. The van der Waals surface area contributed by atoms with Crippen LogP contribution in [0.3, 0.4) is 0 Å². The van der Waals surface area contributed by atoms with E-state index in [-0.39, 0.29) is 17.6 Å². The molecule has 1 aliphatic heterocycles. The van der Waals surface area contributed by atoms with Crippen molar-refractivity contribution in [3.8, 4) is 5.75 Å². The molecular weight excluding hydrogens is 387 g/mol. The molecule has 7 nitrogen and oxygen atoms in total. The largest absolute Gasteiger partial charge is 0.506 e. The summed E-state index contributed by atoms with van der Waals surface area (Å²) < 4.78 is 30.2. The smallest absolute Gasteiger partial charge is 0.309 e. The van der Waals surface area contributed by atoms with Gasteiger partial charge in [0.25, 0.3) is 5.91 Å². The fourth-order valence-corrected chi connectivity index (χ4v) is 4.09. The summed E-state index contributed by atoms with van der Waals surface area (Å²) in [5.74, 6) is -2.54. The van der Waals surface area contributed by atoms with Crippen molar-refractivity contribution < 1.29 is 28.4 Å². The molecule has 1 amide bonds. The van der Waals surface area contributed by atoms with Crippen LogP contribution in [0.2, 0.25) is 0 Å². The summed E-state index contributed by atoms with van der Waals surface area (Å²) >= 11 is -1.95. The van der Waals surface area contributed by atoms with Crippen LogP contribution in [0, 0.1) is 11.2 Å². The molecule has 3 N–H and O–H groups in total. The highest BCUT2D eigenvalue weighted by atomic mass is 32.2. The molecule has 0 radical (unpaired) electrons. The normalized spacial score (nSPS) is 17.2. The zero-order valence-electron chi connectivity index (χ0n) is 15.5. The number of phenols is 1. The Bertz CT molecular complexity index is 992. The van der Waals surface area contributed by atoms with Crippen LogP contribution in [0.15, 0.2) is 24.3 Å². The molecule has 1 saturated heterocycles. The number of aromatic hydroxyl groups is 1. The number of nitrogens with one attached hydrogen (secondary N) is 1. The monoisotopic (exact) mass is 408 g/mol. The molecule has 0 saturated carbocycles. The number of carbonyl (C=O) groups is 2. The van der Waals surface area contributed by atoms with Gasteiger partial charge in [0, 0.05) is 5.39 Å². The number of benzene rings is 2. The van der Waals surface area contributed by atoms with Crippen LogP contribution in [0.5, 0.6) is 5.75 Å². The topological polar surface area (TPSA) is 107 Å². The van der Waals surface area contributed by atoms with E-state index in [1.54, 1.807) is 32.0 Å². The number of fused-ring (bicyclic) bond motifs is 1. The van der Waals surface area contributed by atoms with Crippen LogP contribution in [0.25, 0.3) is 10.8 Å². The summed E-state index contributed by atoms with van der Waals surface area (Å²) in [5, 5.41) is 20.1. The number of hydrogen-bond acceptors (Lipinski definition) is 4. The quantitative estimate of drug-likeness (QED) is 0.681. The van der Waals surface area contributed by atoms with Crippen molar-refractivity contribution in [2.24, 2.45) is 5.41 Å². The molecule has 0 aliphatic carbocycles. The lowest BCUT2D eigenvalue weighted by atomic mass is 9.86. The molecule has 1 atom stereocenters. The van der Waals surface area contributed by atoms with Crippen molar-refractivity contribution in [1.82, 2.24) is 4.72 Å². The molecule has 0 bridgehead atoms. The van der Waals surface area contributed by atoms with Gasteiger partial charge >= 0.3 is 5.97 Å². The van der Waals surface area contributed by atoms with Gasteiger partial charge in [0.2, 0.25) is 11.2 Å². The molecule has 150 valence electrons. The van der Waals surface area contributed by atoms with Crippen LogP contribution in [-0.4, -0.2) is 32.8 Å². The van der Waals surface area contributed by atoms with Crippen molar-refractivity contribution >= 4 is 39.5 Å². The van der Waals surface area contributed by atoms with Gasteiger partial charge in [0.1, 0.15) is 18.0 Å². The number of halogens is 1. The van der Waals surface area contributed by atoms with Gasteiger partial charge in [-0.2, -0.15) is 0 Å². The maximum Gasteiger partial charge on any atom is 0.309 e. The van der Waals surface area contributed by atoms with Crippen LogP contribution in [-0.2, 0) is 27.2 Å². The average molecular weight is 408 g/mol. The SMILES string of the molecule is CC(C)(CCCc1ccc2cc(O)c(N3CC(=O)NS3=O)c(F)c2c1)C(=O)O. The maximum absolute atomic E-state index is 15.1. The van der Waals surface area contributed by atoms with E-state index >= 15 is 4.39 Å². The zero-order valence-corrected chi connectivity index (χ0v) is 16.3. The Morgan fingerprint density at radius 2 is 2.07 bits per heavy atom. The van der Waals surface area contributed by atoms with Gasteiger partial charge in [0.05, 0.1) is 5.41 Å². The number of aryl methyl sites for hydroxylation is 1. The summed E-state index contributed by atoms with van der Waals surface area (Å²) in [6.45, 7) is 3.01. The van der Waals surface area contributed by atoms with E-state index in [0.29, 0.717) is 24.6 Å². The highest BCUT2D eigenvalue weighted by Gasteiger charge is 2.32. The Balaban J connectivity index is 1.90. The van der Waals surface area contributed by atoms with Gasteiger partial charge in [-0.15, -0.1) is 0 Å². The fraction of sp³-hybridized carbons (Fsp3) is 0.368. The number of carbonyl (C=O) groups excluding carboxylic acids is 1. The molecular formula is C19H21FN2O5S. The Morgan fingerprint density at radius 3 is 2.68 bits per heavy atom. The summed E-state index contributed by atoms with van der Waals surface area (Å²) in [6, 6.07) is 6.47. The summed E-state index contributed by atoms with van der Waals surface area (Å²) in [7, 11) is 0. The summed E-state index contributed by atoms with van der Waals surface area (Å²) in [6.07, 6.45) is 1.66. The molecule has 1 heterocycles. The number of hydrogen-bond donors (Lipinski definition) is 3. The molecule has 0 spiro atoms. The average Bonchev–Trinajstić information content (AvgIpc) is 2.93. The van der Waals surface area contributed by atoms with Crippen molar-refractivity contribution in [3.63, 3.8) is 0 Å². The third-order valence-electron chi connectivity index (χ3n) is 4.88. The molecule has 3 rings (SSSR count). The summed E-state index contributed by atoms with van der Waals surface area (Å²) in [5.41, 5.74) is -0.297. The lowest BCUT2D eigenvalue weighted by Crippen LogP contribution is -2.23. The lowest BCUT2D eigenvalue weighted by Gasteiger charge is -2.19. The van der Waals surface area contributed by atoms with E-state index in [4.69, 9.17) is 0 Å². The minimum absolute atomic E-state index is 0.235. The number of rotatable bonds is 6. The second-order valence-corrected chi connectivity index (χ2v) is 8.61. The third kappa shape index (κ3) is 3.80. The molecule has 2 aromatic rings. The van der Waals surface area contributed by atoms with Crippen LogP contribution >= 0.6 is 0 Å². The van der Waals surface area contributed by atoms with Gasteiger partial charge in [0.15, 0.2) is 5.82 Å². The van der Waals surface area contributed by atoms with Gasteiger partial charge in [-0.05, 0) is 56.2 Å². The van der Waals surface area contributed by atoms with Crippen LogP contribution in [0.1, 0.15) is 32.3 Å². The van der Waals surface area contributed by atoms with Gasteiger partial charge in [-0.25, -0.2) is 8.60 Å². The minimum Gasteiger partial charge on any atom is -0.506 e. The number of anilines is 1. The van der Waals surface area contributed by atoms with Crippen molar-refractivity contribution in [2.75, 3.05) is 10.8 Å². The first-order chi connectivity index (χ1) is 13.1. The van der Waals surface area contributed by atoms with Crippen LogP contribution < -0.4 is 9.03 Å². The molecule has 9 heteroatoms. The second-order valence-electron chi connectivity index (χ2n) is 7.47. The molecule has 1 fully saturated rings. The first kappa shape index (κ1) is 20.1. The number of aliphatic carboxylic acids is 1. The van der Waals surface area contributed by atoms with Crippen molar-refractivity contribution in [2.45, 2.75) is 33.1 Å². The Hall–Kier alpha value is -2.68. The number of carboxylic acids is 1. The number of carboxylic acid groups (broad SMARTS) is 1. The Labute approximate surface area is 163 Å². The number of phenolic OH excluding ortho intramolecular Hbond substituents is 1. The van der Waals surface area contributed by atoms with Crippen molar-refractivity contribution in [3.05, 3.63) is 35.6 Å². The number of amides is 1. The standard InChI is InChI=1S/C19H21FN2O5S/c1-19(2,18(25)26)7-3-4-11-5-6-12-9-14(23)17(16(20)13(12)8-11)22-10-15(24)21-28(22)27/h5-6,8-9,23H,3-4,7,10H2,1-2H3,(H,21,24)(H,25,26). The highest BCUT2D eigenvalue weighted by Crippen LogP contribution is 2.38. The molecule has 2 aromatic carbocycles. The minimum atomic E-state index is -1.95. The number of nitrogens with zero attached hydrogens (tertiary/aromatic N) is 1. The first-order valence-corrected chi connectivity index (χ1v) is 9.87. The zero-order chi connectivity index (χ0) is 20.6. The summed E-state index contributed by atoms with van der Waals surface area (Å²) in [4.78, 5) is 22.6. The molecule has 28 heavy (non-hydrogen) atoms. The Kier molecular flexibility index (Phi) is 5.29. The Morgan fingerprint density at radius 1 is 1.36 bits per heavy atom. The van der Waals surface area contributed by atoms with E-state index in [0.717, 1.165) is 9.87 Å². The van der Waals surface area contributed by atoms with Crippen LogP contribution in [0.4, 0.5) is 10.1 Å². The first-order valence-electron chi connectivity index (χ1n) is 8.76. The maximum atomic E-state index is 15.1. The molecule has 0 aromatic heterocycles. The molecule has 1 unspecified atom stereocenters. The highest BCUT2D eigenvalue weighted by molar-refractivity contribution is 7.85. The van der Waals surface area contributed by atoms with E-state index in [1.165, 1.54) is 6.07 Å².